The molecule has 3 heterocycles. The smallest absolute Gasteiger partial charge is 0.156 e. The molecule has 0 spiro atoms. The number of aryl methyl sites for hydroxylation is 1. The highest BCUT2D eigenvalue weighted by Gasteiger charge is 2.23. The van der Waals surface area contributed by atoms with Gasteiger partial charge in [0.2, 0.25) is 0 Å². The highest BCUT2D eigenvalue weighted by atomic mass is 32.2. The summed E-state index contributed by atoms with van der Waals surface area (Å²) in [6.45, 7) is 0.914. The van der Waals surface area contributed by atoms with E-state index in [9.17, 15) is 5.11 Å². The first kappa shape index (κ1) is 11.5. The van der Waals surface area contributed by atoms with Crippen LogP contribution in [0, 0.1) is 0 Å². The molecule has 1 aromatic rings. The van der Waals surface area contributed by atoms with Crippen molar-refractivity contribution < 1.29 is 5.11 Å². The minimum absolute atomic E-state index is 0.399. The number of aliphatic hydroxyl groups excluding tert-OH is 1. The lowest BCUT2D eigenvalue weighted by Crippen LogP contribution is -2.16. The third-order valence-electron chi connectivity index (χ3n) is 3.57. The van der Waals surface area contributed by atoms with Gasteiger partial charge in [0.05, 0.1) is 0 Å². The Morgan fingerprint density at radius 2 is 2.24 bits per heavy atom. The highest BCUT2D eigenvalue weighted by molar-refractivity contribution is 7.99. The Bertz CT molecular complexity index is 387. The molecule has 1 fully saturated rings. The molecule has 0 saturated carbocycles. The summed E-state index contributed by atoms with van der Waals surface area (Å²) >= 11 is 2.05. The summed E-state index contributed by atoms with van der Waals surface area (Å²) in [5.74, 6) is 2.99. The maximum absolute atomic E-state index is 9.85. The highest BCUT2D eigenvalue weighted by Crippen LogP contribution is 2.28. The molecule has 0 aromatic carbocycles. The zero-order chi connectivity index (χ0) is 11.7. The van der Waals surface area contributed by atoms with E-state index in [0.717, 1.165) is 37.5 Å². The van der Waals surface area contributed by atoms with E-state index in [-0.39, 0.29) is 0 Å². The van der Waals surface area contributed by atoms with Crippen LogP contribution in [0.25, 0.3) is 0 Å². The number of aliphatic hydroxyl groups is 1. The van der Waals surface area contributed by atoms with Gasteiger partial charge in [-0.1, -0.05) is 6.42 Å². The van der Waals surface area contributed by atoms with Gasteiger partial charge in [0, 0.05) is 18.2 Å². The van der Waals surface area contributed by atoms with Crippen LogP contribution in [0.1, 0.15) is 49.9 Å². The average Bonchev–Trinajstić information content (AvgIpc) is 2.74. The molecule has 0 aliphatic carbocycles. The van der Waals surface area contributed by atoms with Gasteiger partial charge >= 0.3 is 0 Å². The van der Waals surface area contributed by atoms with Gasteiger partial charge in [-0.2, -0.15) is 16.9 Å². The average molecular weight is 253 g/mol. The summed E-state index contributed by atoms with van der Waals surface area (Å²) < 4.78 is 1.90. The second-order valence-corrected chi connectivity index (χ2v) is 6.37. The van der Waals surface area contributed by atoms with Gasteiger partial charge in [-0.25, -0.2) is 9.67 Å². The quantitative estimate of drug-likeness (QED) is 0.875. The molecule has 94 valence electrons. The van der Waals surface area contributed by atoms with Crippen LogP contribution in [0.4, 0.5) is 0 Å². The van der Waals surface area contributed by atoms with Gasteiger partial charge in [0.15, 0.2) is 11.6 Å². The van der Waals surface area contributed by atoms with Gasteiger partial charge in [0.25, 0.3) is 0 Å². The molecule has 2 aliphatic heterocycles. The summed E-state index contributed by atoms with van der Waals surface area (Å²) in [4.78, 5) is 4.51. The first-order valence-corrected chi connectivity index (χ1v) is 7.61. The number of hydrogen-bond acceptors (Lipinski definition) is 4. The Labute approximate surface area is 106 Å². The van der Waals surface area contributed by atoms with Crippen molar-refractivity contribution in [3.63, 3.8) is 0 Å². The SMILES string of the molecule is OC1CCCn2nc(CC3CCCCS3)nc21. The first-order chi connectivity index (χ1) is 8.33. The lowest BCUT2D eigenvalue weighted by molar-refractivity contribution is 0.130. The Morgan fingerprint density at radius 3 is 3.00 bits per heavy atom. The Balaban J connectivity index is 1.71. The zero-order valence-corrected chi connectivity index (χ0v) is 10.8. The maximum Gasteiger partial charge on any atom is 0.156 e. The molecule has 3 rings (SSSR count). The van der Waals surface area contributed by atoms with Crippen molar-refractivity contribution in [2.45, 2.75) is 56.4 Å². The molecular formula is C12H19N3OS. The number of nitrogens with zero attached hydrogens (tertiary/aromatic N) is 3. The summed E-state index contributed by atoms with van der Waals surface area (Å²) in [6, 6.07) is 0. The molecular weight excluding hydrogens is 234 g/mol. The Kier molecular flexibility index (Phi) is 3.38. The van der Waals surface area contributed by atoms with Gasteiger partial charge in [-0.05, 0) is 31.4 Å². The van der Waals surface area contributed by atoms with Crippen molar-refractivity contribution in [2.75, 3.05) is 5.75 Å². The van der Waals surface area contributed by atoms with Crippen LogP contribution in [-0.4, -0.2) is 30.9 Å². The molecule has 1 saturated heterocycles. The normalized spacial score (nSPS) is 29.0. The number of aromatic nitrogens is 3. The lowest BCUT2D eigenvalue weighted by Gasteiger charge is -2.19. The van der Waals surface area contributed by atoms with Crippen molar-refractivity contribution in [1.82, 2.24) is 14.8 Å². The van der Waals surface area contributed by atoms with Crippen molar-refractivity contribution in [3.8, 4) is 0 Å². The second kappa shape index (κ2) is 4.98. The second-order valence-electron chi connectivity index (χ2n) is 4.96. The van der Waals surface area contributed by atoms with E-state index in [1.54, 1.807) is 0 Å². The first-order valence-electron chi connectivity index (χ1n) is 6.56. The molecule has 1 N–H and O–H groups in total. The zero-order valence-electron chi connectivity index (χ0n) is 10.0. The molecule has 5 heteroatoms. The van der Waals surface area contributed by atoms with Gasteiger partial charge in [0.1, 0.15) is 6.10 Å². The van der Waals surface area contributed by atoms with E-state index in [4.69, 9.17) is 0 Å². The third-order valence-corrected chi connectivity index (χ3v) is 4.97. The van der Waals surface area contributed by atoms with Crippen molar-refractivity contribution >= 4 is 11.8 Å². The standard InChI is InChI=1S/C12H19N3OS/c16-10-5-3-6-15-12(10)13-11(14-15)8-9-4-1-2-7-17-9/h9-10,16H,1-8H2. The summed E-state index contributed by atoms with van der Waals surface area (Å²) in [6.07, 6.45) is 6.39. The van der Waals surface area contributed by atoms with Crippen molar-refractivity contribution in [3.05, 3.63) is 11.6 Å². The minimum Gasteiger partial charge on any atom is -0.385 e. The number of fused-ring (bicyclic) bond motifs is 1. The maximum atomic E-state index is 9.85. The largest absolute Gasteiger partial charge is 0.385 e. The number of thioether (sulfide) groups is 1. The molecule has 0 radical (unpaired) electrons. The Morgan fingerprint density at radius 1 is 1.29 bits per heavy atom. The molecule has 0 amide bonds. The third kappa shape index (κ3) is 2.50. The monoisotopic (exact) mass is 253 g/mol. The van der Waals surface area contributed by atoms with Crippen LogP contribution < -0.4 is 0 Å². The van der Waals surface area contributed by atoms with E-state index in [1.165, 1.54) is 25.0 Å². The van der Waals surface area contributed by atoms with Crippen molar-refractivity contribution in [1.29, 1.82) is 0 Å². The van der Waals surface area contributed by atoms with E-state index in [1.807, 2.05) is 4.68 Å². The number of rotatable bonds is 2. The summed E-state index contributed by atoms with van der Waals surface area (Å²) in [7, 11) is 0. The van der Waals surface area contributed by atoms with E-state index >= 15 is 0 Å². The molecule has 2 aliphatic rings. The summed E-state index contributed by atoms with van der Waals surface area (Å²) in [5, 5.41) is 15.1. The predicted octanol–water partition coefficient (Wildman–Crippen LogP) is 1.93. The summed E-state index contributed by atoms with van der Waals surface area (Å²) in [5.41, 5.74) is 0. The Hall–Kier alpha value is -0.550. The predicted molar refractivity (Wildman–Crippen MR) is 68.0 cm³/mol. The topological polar surface area (TPSA) is 50.9 Å². The number of hydrogen-bond donors (Lipinski definition) is 1. The van der Waals surface area contributed by atoms with Crippen LogP contribution in [0.3, 0.4) is 0 Å². The molecule has 0 bridgehead atoms. The van der Waals surface area contributed by atoms with Crippen LogP contribution >= 0.6 is 11.8 Å². The molecule has 1 aromatic heterocycles. The molecule has 2 unspecified atom stereocenters. The molecule has 2 atom stereocenters. The fraction of sp³-hybridized carbons (Fsp3) is 0.833. The molecule has 17 heavy (non-hydrogen) atoms. The lowest BCUT2D eigenvalue weighted by atomic mass is 10.1. The van der Waals surface area contributed by atoms with Gasteiger partial charge in [-0.15, -0.1) is 0 Å². The van der Waals surface area contributed by atoms with Gasteiger partial charge < -0.3 is 5.11 Å². The molecule has 4 nitrogen and oxygen atoms in total. The van der Waals surface area contributed by atoms with Gasteiger partial charge in [-0.3, -0.25) is 0 Å². The fourth-order valence-corrected chi connectivity index (χ4v) is 3.94. The fourth-order valence-electron chi connectivity index (χ4n) is 2.64. The van der Waals surface area contributed by atoms with Crippen LogP contribution in [0.2, 0.25) is 0 Å². The van der Waals surface area contributed by atoms with E-state index in [2.05, 4.69) is 21.8 Å². The van der Waals surface area contributed by atoms with Crippen LogP contribution in [-0.2, 0) is 13.0 Å². The van der Waals surface area contributed by atoms with Crippen LogP contribution in [0.5, 0.6) is 0 Å². The van der Waals surface area contributed by atoms with E-state index < -0.39 is 6.10 Å². The minimum atomic E-state index is -0.399. The van der Waals surface area contributed by atoms with Crippen LogP contribution in [0.15, 0.2) is 0 Å². The van der Waals surface area contributed by atoms with E-state index in [0.29, 0.717) is 5.25 Å². The van der Waals surface area contributed by atoms with Crippen molar-refractivity contribution in [2.24, 2.45) is 0 Å².